The third-order valence-corrected chi connectivity index (χ3v) is 7.40. The number of rotatable bonds is 7. The highest BCUT2D eigenvalue weighted by Gasteiger charge is 2.44. The molecule has 5 rings (SSSR count). The second-order valence-corrected chi connectivity index (χ2v) is 12.0. The number of fused-ring (bicyclic) bond motifs is 1. The number of aromatic nitrogens is 4. The summed E-state index contributed by atoms with van der Waals surface area (Å²) in [7, 11) is 0. The van der Waals surface area contributed by atoms with Crippen molar-refractivity contribution in [3.05, 3.63) is 75.4 Å². The Balaban J connectivity index is 1.62. The number of pyridine rings is 1. The van der Waals surface area contributed by atoms with Gasteiger partial charge < -0.3 is 10.6 Å². The standard InChI is InChI=1S/C28H28Cl2FN7/c1-27(2,3)15-34-22-16(13-32)14-33-23-19(22)11-17(12-21(23)30)35-24(18-7-5-6-8-20(18)29)25-26(31)38(37-36-25)28(4)9-10-28/h5-8,11-12,14,24,35H,9-10,15H2,1-4H3,(H,33,34)/t24-/m0/s1. The van der Waals surface area contributed by atoms with Crippen LogP contribution in [-0.4, -0.2) is 26.5 Å². The highest BCUT2D eigenvalue weighted by molar-refractivity contribution is 6.36. The summed E-state index contributed by atoms with van der Waals surface area (Å²) in [5.41, 5.74) is 2.59. The van der Waals surface area contributed by atoms with Gasteiger partial charge in [-0.3, -0.25) is 4.98 Å². The Hall–Kier alpha value is -3.41. The topological polar surface area (TPSA) is 91.4 Å². The van der Waals surface area contributed by atoms with Crippen molar-refractivity contribution in [1.29, 1.82) is 5.26 Å². The number of hydrogen-bond donors (Lipinski definition) is 2. The van der Waals surface area contributed by atoms with E-state index in [1.165, 1.54) is 10.9 Å². The smallest absolute Gasteiger partial charge is 0.237 e. The van der Waals surface area contributed by atoms with E-state index in [1.807, 2.05) is 31.2 Å². The van der Waals surface area contributed by atoms with E-state index in [0.29, 0.717) is 50.0 Å². The lowest BCUT2D eigenvalue weighted by Gasteiger charge is -2.23. The molecule has 0 saturated heterocycles. The molecule has 0 amide bonds. The summed E-state index contributed by atoms with van der Waals surface area (Å²) in [6, 6.07) is 12.3. The summed E-state index contributed by atoms with van der Waals surface area (Å²) in [5.74, 6) is -0.504. The first-order valence-corrected chi connectivity index (χ1v) is 13.2. The van der Waals surface area contributed by atoms with Crippen molar-refractivity contribution >= 4 is 45.5 Å². The van der Waals surface area contributed by atoms with Gasteiger partial charge in [0, 0.05) is 28.8 Å². The van der Waals surface area contributed by atoms with Crippen molar-refractivity contribution in [3.8, 4) is 6.07 Å². The van der Waals surface area contributed by atoms with Gasteiger partial charge >= 0.3 is 0 Å². The molecule has 0 unspecified atom stereocenters. The molecule has 0 aliphatic heterocycles. The minimum atomic E-state index is -0.744. The molecule has 1 saturated carbocycles. The quantitative estimate of drug-likeness (QED) is 0.250. The van der Waals surface area contributed by atoms with Crippen molar-refractivity contribution in [2.75, 3.05) is 17.2 Å². The van der Waals surface area contributed by atoms with Gasteiger partial charge in [0.15, 0.2) is 0 Å². The lowest BCUT2D eigenvalue weighted by Crippen LogP contribution is -2.20. The van der Waals surface area contributed by atoms with E-state index in [0.717, 1.165) is 12.8 Å². The van der Waals surface area contributed by atoms with Crippen LogP contribution < -0.4 is 10.6 Å². The van der Waals surface area contributed by atoms with Crippen LogP contribution in [0.4, 0.5) is 15.8 Å². The number of anilines is 2. The van der Waals surface area contributed by atoms with Gasteiger partial charge in [0.2, 0.25) is 5.95 Å². The molecule has 1 atom stereocenters. The van der Waals surface area contributed by atoms with E-state index in [1.54, 1.807) is 12.1 Å². The minimum absolute atomic E-state index is 0.0291. The van der Waals surface area contributed by atoms with Gasteiger partial charge in [-0.1, -0.05) is 67.4 Å². The number of nitrogens with zero attached hydrogens (tertiary/aromatic N) is 5. The van der Waals surface area contributed by atoms with E-state index in [2.05, 4.69) is 52.8 Å². The van der Waals surface area contributed by atoms with Crippen LogP contribution in [0.1, 0.15) is 63.4 Å². The van der Waals surface area contributed by atoms with E-state index in [9.17, 15) is 5.26 Å². The fraction of sp³-hybridized carbons (Fsp3) is 0.357. The van der Waals surface area contributed by atoms with Gasteiger partial charge in [0.25, 0.3) is 0 Å². The monoisotopic (exact) mass is 551 g/mol. The Morgan fingerprint density at radius 2 is 1.92 bits per heavy atom. The molecule has 0 bridgehead atoms. The van der Waals surface area contributed by atoms with Crippen LogP contribution in [0.15, 0.2) is 42.6 Å². The summed E-state index contributed by atoms with van der Waals surface area (Å²) in [5, 5.41) is 26.5. The van der Waals surface area contributed by atoms with E-state index >= 15 is 4.39 Å². The maximum absolute atomic E-state index is 15.7. The molecular weight excluding hydrogens is 524 g/mol. The average molecular weight is 552 g/mol. The molecule has 0 spiro atoms. The Morgan fingerprint density at radius 1 is 1.18 bits per heavy atom. The number of hydrogen-bond acceptors (Lipinski definition) is 6. The molecule has 2 N–H and O–H groups in total. The first kappa shape index (κ1) is 26.2. The maximum atomic E-state index is 15.7. The molecule has 2 aromatic heterocycles. The molecular formula is C28H28Cl2FN7. The fourth-order valence-electron chi connectivity index (χ4n) is 4.34. The predicted molar refractivity (Wildman–Crippen MR) is 149 cm³/mol. The van der Waals surface area contributed by atoms with Crippen molar-refractivity contribution in [2.45, 2.75) is 52.1 Å². The lowest BCUT2D eigenvalue weighted by atomic mass is 9.96. The first-order chi connectivity index (χ1) is 18.0. The Labute approximate surface area is 231 Å². The van der Waals surface area contributed by atoms with E-state index < -0.39 is 12.0 Å². The van der Waals surface area contributed by atoms with Gasteiger partial charge in [0.1, 0.15) is 17.8 Å². The third kappa shape index (κ3) is 5.01. The molecule has 4 aromatic rings. The lowest BCUT2D eigenvalue weighted by molar-refractivity contribution is 0.371. The summed E-state index contributed by atoms with van der Waals surface area (Å²) in [6.45, 7) is 8.90. The molecule has 38 heavy (non-hydrogen) atoms. The molecule has 2 heterocycles. The minimum Gasteiger partial charge on any atom is -0.383 e. The average Bonchev–Trinajstić information content (AvgIpc) is 3.49. The van der Waals surface area contributed by atoms with E-state index in [4.69, 9.17) is 23.2 Å². The van der Waals surface area contributed by atoms with Crippen molar-refractivity contribution in [2.24, 2.45) is 5.41 Å². The molecule has 0 radical (unpaired) electrons. The predicted octanol–water partition coefficient (Wildman–Crippen LogP) is 7.31. The second-order valence-electron chi connectivity index (χ2n) is 11.2. The molecule has 1 aliphatic carbocycles. The van der Waals surface area contributed by atoms with E-state index in [-0.39, 0.29) is 16.6 Å². The molecule has 1 aliphatic rings. The molecule has 10 heteroatoms. The molecule has 7 nitrogen and oxygen atoms in total. The van der Waals surface area contributed by atoms with Crippen LogP contribution in [0.2, 0.25) is 10.0 Å². The maximum Gasteiger partial charge on any atom is 0.237 e. The van der Waals surface area contributed by atoms with Gasteiger partial charge in [-0.2, -0.15) is 9.65 Å². The van der Waals surface area contributed by atoms with Gasteiger partial charge in [-0.15, -0.1) is 5.10 Å². The number of nitrogens with one attached hydrogen (secondary N) is 2. The number of nitriles is 1. The van der Waals surface area contributed by atoms with Gasteiger partial charge in [0.05, 0.1) is 27.3 Å². The summed E-state index contributed by atoms with van der Waals surface area (Å²) in [6.07, 6.45) is 3.20. The summed E-state index contributed by atoms with van der Waals surface area (Å²) >= 11 is 13.3. The molecule has 2 aromatic carbocycles. The Bertz CT molecular complexity index is 1560. The third-order valence-electron chi connectivity index (χ3n) is 6.77. The summed E-state index contributed by atoms with van der Waals surface area (Å²) < 4.78 is 17.1. The van der Waals surface area contributed by atoms with Crippen LogP contribution in [0.3, 0.4) is 0 Å². The van der Waals surface area contributed by atoms with Crippen LogP contribution in [0.5, 0.6) is 0 Å². The SMILES string of the molecule is CC(C)(C)CNc1c(C#N)cnc2c(Cl)cc(N[C@@H](c3ccccc3Cl)c3nnn(C4(C)CC4)c3F)cc12. The van der Waals surface area contributed by atoms with Gasteiger partial charge in [-0.25, -0.2) is 4.68 Å². The highest BCUT2D eigenvalue weighted by Crippen LogP contribution is 2.44. The van der Waals surface area contributed by atoms with Crippen LogP contribution >= 0.6 is 23.2 Å². The largest absolute Gasteiger partial charge is 0.383 e. The van der Waals surface area contributed by atoms with Crippen LogP contribution in [0.25, 0.3) is 10.9 Å². The Morgan fingerprint density at radius 3 is 2.58 bits per heavy atom. The fourth-order valence-corrected chi connectivity index (χ4v) is 4.85. The second kappa shape index (κ2) is 9.72. The van der Waals surface area contributed by atoms with Gasteiger partial charge in [-0.05, 0) is 48.9 Å². The first-order valence-electron chi connectivity index (χ1n) is 12.4. The zero-order chi connectivity index (χ0) is 27.2. The summed E-state index contributed by atoms with van der Waals surface area (Å²) in [4.78, 5) is 4.43. The van der Waals surface area contributed by atoms with Crippen LogP contribution in [0, 0.1) is 22.7 Å². The van der Waals surface area contributed by atoms with Crippen molar-refractivity contribution in [1.82, 2.24) is 20.0 Å². The molecule has 1 fully saturated rings. The normalized spacial score (nSPS) is 15.2. The zero-order valence-corrected chi connectivity index (χ0v) is 23.1. The highest BCUT2D eigenvalue weighted by atomic mass is 35.5. The number of benzene rings is 2. The van der Waals surface area contributed by atoms with Crippen molar-refractivity contribution in [3.63, 3.8) is 0 Å². The van der Waals surface area contributed by atoms with Crippen molar-refractivity contribution < 1.29 is 4.39 Å². The zero-order valence-electron chi connectivity index (χ0n) is 21.6. The van der Waals surface area contributed by atoms with Crippen LogP contribution in [-0.2, 0) is 5.54 Å². The molecule has 196 valence electrons. The Kier molecular flexibility index (Phi) is 6.70. The number of halogens is 3.